The van der Waals surface area contributed by atoms with E-state index < -0.39 is 5.72 Å². The van der Waals surface area contributed by atoms with Crippen molar-refractivity contribution in [3.63, 3.8) is 0 Å². The number of nitrogens with zero attached hydrogens (tertiary/aromatic N) is 1. The number of rotatable bonds is 2. The SMILES string of the molecule is O[C@]1(C[n+]2ccccc2)NCCc2ccccc21. The average Bonchev–Trinajstić information content (AvgIpc) is 2.40. The lowest BCUT2D eigenvalue weighted by molar-refractivity contribution is -0.713. The van der Waals surface area contributed by atoms with Gasteiger partial charge in [0.15, 0.2) is 18.9 Å². The number of nitrogens with one attached hydrogen (secondary N) is 1. The molecule has 1 atom stereocenters. The first-order valence-electron chi connectivity index (χ1n) is 6.28. The minimum absolute atomic E-state index is 0.519. The Kier molecular flexibility index (Phi) is 2.86. The van der Waals surface area contributed by atoms with Gasteiger partial charge in [0.25, 0.3) is 0 Å². The lowest BCUT2D eigenvalue weighted by Crippen LogP contribution is -2.56. The first kappa shape index (κ1) is 11.4. The number of aliphatic hydroxyl groups is 1. The molecule has 2 N–H and O–H groups in total. The molecular weight excluding hydrogens is 224 g/mol. The first-order chi connectivity index (χ1) is 8.78. The van der Waals surface area contributed by atoms with E-state index in [1.807, 2.05) is 53.4 Å². The quantitative estimate of drug-likeness (QED) is 0.769. The van der Waals surface area contributed by atoms with E-state index in [1.54, 1.807) is 0 Å². The Hall–Kier alpha value is -1.71. The summed E-state index contributed by atoms with van der Waals surface area (Å²) in [6.07, 6.45) is 4.91. The monoisotopic (exact) mass is 241 g/mol. The zero-order valence-electron chi connectivity index (χ0n) is 10.2. The van der Waals surface area contributed by atoms with Gasteiger partial charge in [0, 0.05) is 24.2 Å². The third-order valence-electron chi connectivity index (χ3n) is 3.46. The Morgan fingerprint density at radius 2 is 1.89 bits per heavy atom. The molecule has 1 aromatic carbocycles. The van der Waals surface area contributed by atoms with Crippen LogP contribution < -0.4 is 9.88 Å². The largest absolute Gasteiger partial charge is 0.366 e. The van der Waals surface area contributed by atoms with Crippen LogP contribution in [0.15, 0.2) is 54.9 Å². The molecule has 0 aliphatic carbocycles. The van der Waals surface area contributed by atoms with Crippen molar-refractivity contribution in [1.82, 2.24) is 5.32 Å². The third kappa shape index (κ3) is 2.03. The van der Waals surface area contributed by atoms with Gasteiger partial charge < -0.3 is 5.11 Å². The molecule has 3 rings (SSSR count). The molecule has 0 amide bonds. The van der Waals surface area contributed by atoms with Gasteiger partial charge in [0.05, 0.1) is 0 Å². The Morgan fingerprint density at radius 1 is 1.11 bits per heavy atom. The van der Waals surface area contributed by atoms with Crippen LogP contribution in [0.25, 0.3) is 0 Å². The van der Waals surface area contributed by atoms with Gasteiger partial charge in [-0.3, -0.25) is 5.32 Å². The van der Waals surface area contributed by atoms with Gasteiger partial charge in [-0.15, -0.1) is 0 Å². The molecule has 1 aromatic heterocycles. The number of hydrogen-bond donors (Lipinski definition) is 2. The van der Waals surface area contributed by atoms with Crippen molar-refractivity contribution in [3.8, 4) is 0 Å². The fourth-order valence-electron chi connectivity index (χ4n) is 2.59. The summed E-state index contributed by atoms with van der Waals surface area (Å²) in [6.45, 7) is 1.33. The van der Waals surface area contributed by atoms with E-state index >= 15 is 0 Å². The predicted octanol–water partition coefficient (Wildman–Crippen LogP) is 0.965. The van der Waals surface area contributed by atoms with Crippen LogP contribution in [0.1, 0.15) is 11.1 Å². The summed E-state index contributed by atoms with van der Waals surface area (Å²) < 4.78 is 2.00. The Morgan fingerprint density at radius 3 is 2.72 bits per heavy atom. The molecule has 0 saturated heterocycles. The summed E-state index contributed by atoms with van der Waals surface area (Å²) in [5.41, 5.74) is 1.25. The minimum Gasteiger partial charge on any atom is -0.366 e. The topological polar surface area (TPSA) is 36.1 Å². The van der Waals surface area contributed by atoms with Crippen molar-refractivity contribution in [1.29, 1.82) is 0 Å². The number of benzene rings is 1. The molecule has 92 valence electrons. The average molecular weight is 241 g/mol. The maximum Gasteiger partial charge on any atom is 0.203 e. The van der Waals surface area contributed by atoms with Gasteiger partial charge in [-0.05, 0) is 12.0 Å². The van der Waals surface area contributed by atoms with Gasteiger partial charge in [-0.2, -0.15) is 0 Å². The highest BCUT2D eigenvalue weighted by Crippen LogP contribution is 2.26. The van der Waals surface area contributed by atoms with Crippen molar-refractivity contribution in [2.75, 3.05) is 6.54 Å². The van der Waals surface area contributed by atoms with E-state index in [9.17, 15) is 5.11 Å². The molecule has 3 heteroatoms. The molecule has 0 spiro atoms. The second-order valence-corrected chi connectivity index (χ2v) is 4.74. The standard InChI is InChI=1S/C15H17N2O/c18-15(12-17-10-4-1-5-11-17)14-7-3-2-6-13(14)8-9-16-15/h1-7,10-11,16,18H,8-9,12H2/q+1/t15-/m0/s1. The summed E-state index contributed by atoms with van der Waals surface area (Å²) >= 11 is 0. The van der Waals surface area contributed by atoms with Crippen molar-refractivity contribution >= 4 is 0 Å². The Bertz CT molecular complexity index is 541. The highest BCUT2D eigenvalue weighted by Gasteiger charge is 2.37. The maximum absolute atomic E-state index is 10.8. The van der Waals surface area contributed by atoms with Crippen LogP contribution in [-0.4, -0.2) is 11.7 Å². The molecule has 18 heavy (non-hydrogen) atoms. The van der Waals surface area contributed by atoms with Crippen LogP contribution in [-0.2, 0) is 18.7 Å². The van der Waals surface area contributed by atoms with Crippen molar-refractivity contribution in [2.24, 2.45) is 0 Å². The fourth-order valence-corrected chi connectivity index (χ4v) is 2.59. The molecule has 0 saturated carbocycles. The summed E-state index contributed by atoms with van der Waals surface area (Å²) in [4.78, 5) is 0. The number of aromatic nitrogens is 1. The molecule has 0 bridgehead atoms. The number of pyridine rings is 1. The Balaban J connectivity index is 1.96. The van der Waals surface area contributed by atoms with Crippen LogP contribution in [0, 0.1) is 0 Å². The molecule has 0 fully saturated rings. The Labute approximate surface area is 107 Å². The minimum atomic E-state index is -0.971. The summed E-state index contributed by atoms with van der Waals surface area (Å²) in [5.74, 6) is 0. The number of hydrogen-bond acceptors (Lipinski definition) is 2. The zero-order chi connectivity index (χ0) is 12.4. The highest BCUT2D eigenvalue weighted by molar-refractivity contribution is 5.33. The van der Waals surface area contributed by atoms with Crippen LogP contribution in [0.3, 0.4) is 0 Å². The smallest absolute Gasteiger partial charge is 0.203 e. The maximum atomic E-state index is 10.8. The highest BCUT2D eigenvalue weighted by atomic mass is 16.3. The van der Waals surface area contributed by atoms with Gasteiger partial charge in [0.1, 0.15) is 0 Å². The second-order valence-electron chi connectivity index (χ2n) is 4.74. The van der Waals surface area contributed by atoms with Crippen LogP contribution in [0.2, 0.25) is 0 Å². The normalized spacial score (nSPS) is 22.5. The van der Waals surface area contributed by atoms with E-state index in [-0.39, 0.29) is 0 Å². The molecule has 0 radical (unpaired) electrons. The van der Waals surface area contributed by atoms with E-state index in [4.69, 9.17) is 0 Å². The predicted molar refractivity (Wildman–Crippen MR) is 68.7 cm³/mol. The molecule has 1 aliphatic heterocycles. The van der Waals surface area contributed by atoms with E-state index in [2.05, 4.69) is 11.4 Å². The summed E-state index contributed by atoms with van der Waals surface area (Å²) in [7, 11) is 0. The molecule has 3 nitrogen and oxygen atoms in total. The molecule has 0 unspecified atom stereocenters. The first-order valence-corrected chi connectivity index (χ1v) is 6.28. The molecule has 2 heterocycles. The molecular formula is C15H17N2O+. The lowest BCUT2D eigenvalue weighted by atomic mass is 9.91. The lowest BCUT2D eigenvalue weighted by Gasteiger charge is -2.33. The summed E-state index contributed by atoms with van der Waals surface area (Å²) in [6, 6.07) is 14.0. The van der Waals surface area contributed by atoms with Crippen LogP contribution in [0.4, 0.5) is 0 Å². The summed E-state index contributed by atoms with van der Waals surface area (Å²) in [5, 5.41) is 14.1. The number of fused-ring (bicyclic) bond motifs is 1. The fraction of sp³-hybridized carbons (Fsp3) is 0.267. The van der Waals surface area contributed by atoms with Gasteiger partial charge in [-0.25, -0.2) is 4.57 Å². The molecule has 1 aliphatic rings. The van der Waals surface area contributed by atoms with Gasteiger partial charge in [-0.1, -0.05) is 30.3 Å². The van der Waals surface area contributed by atoms with Crippen molar-refractivity contribution in [2.45, 2.75) is 18.7 Å². The van der Waals surface area contributed by atoms with Gasteiger partial charge in [0.2, 0.25) is 5.72 Å². The van der Waals surface area contributed by atoms with Crippen LogP contribution in [0.5, 0.6) is 0 Å². The van der Waals surface area contributed by atoms with Crippen LogP contribution >= 0.6 is 0 Å². The zero-order valence-corrected chi connectivity index (χ0v) is 10.2. The van der Waals surface area contributed by atoms with Gasteiger partial charge >= 0.3 is 0 Å². The third-order valence-corrected chi connectivity index (χ3v) is 3.46. The van der Waals surface area contributed by atoms with E-state index in [0.717, 1.165) is 18.5 Å². The second kappa shape index (κ2) is 4.52. The van der Waals surface area contributed by atoms with Crippen molar-refractivity contribution < 1.29 is 9.67 Å². The van der Waals surface area contributed by atoms with Crippen molar-refractivity contribution in [3.05, 3.63) is 66.0 Å². The van der Waals surface area contributed by atoms with E-state index in [1.165, 1.54) is 5.56 Å². The van der Waals surface area contributed by atoms with E-state index in [0.29, 0.717) is 6.54 Å². The molecule has 2 aromatic rings.